The second kappa shape index (κ2) is 2.71. The molecule has 2 aliphatic rings. The summed E-state index contributed by atoms with van der Waals surface area (Å²) in [5, 5.41) is 9.30. The molecule has 0 aromatic heterocycles. The third kappa shape index (κ3) is 1.08. The van der Waals surface area contributed by atoms with Crippen LogP contribution in [0.5, 0.6) is 0 Å². The fourth-order valence-corrected chi connectivity index (χ4v) is 3.17. The van der Waals surface area contributed by atoms with Crippen LogP contribution in [0.4, 0.5) is 0 Å². The van der Waals surface area contributed by atoms with Crippen molar-refractivity contribution in [3.63, 3.8) is 0 Å². The van der Waals surface area contributed by atoms with Crippen molar-refractivity contribution in [1.29, 1.82) is 0 Å². The van der Waals surface area contributed by atoms with Crippen molar-refractivity contribution < 1.29 is 5.11 Å². The molecular weight excluding hydrogens is 162 g/mol. The van der Waals surface area contributed by atoms with E-state index in [9.17, 15) is 5.11 Å². The average Bonchev–Trinajstić information content (AvgIpc) is 2.71. The molecule has 0 aliphatic heterocycles. The molecule has 2 aliphatic carbocycles. The molecule has 0 aromatic carbocycles. The van der Waals surface area contributed by atoms with E-state index < -0.39 is 0 Å². The van der Waals surface area contributed by atoms with Crippen molar-refractivity contribution >= 4 is 0 Å². The molecule has 0 saturated heterocycles. The zero-order chi connectivity index (χ0) is 9.69. The van der Waals surface area contributed by atoms with E-state index in [1.807, 2.05) is 0 Å². The Morgan fingerprint density at radius 3 is 2.38 bits per heavy atom. The van der Waals surface area contributed by atoms with Crippen LogP contribution in [0.1, 0.15) is 33.1 Å². The summed E-state index contributed by atoms with van der Waals surface area (Å²) in [6, 6.07) is 0. The summed E-state index contributed by atoms with van der Waals surface area (Å²) in [6.45, 7) is 5.56. The molecule has 76 valence electrons. The van der Waals surface area contributed by atoms with Crippen molar-refractivity contribution in [3.05, 3.63) is 0 Å². The first-order chi connectivity index (χ1) is 6.09. The first-order valence-corrected chi connectivity index (χ1v) is 5.40. The quantitative estimate of drug-likeness (QED) is 0.694. The summed E-state index contributed by atoms with van der Waals surface area (Å²) in [7, 11) is 0. The van der Waals surface area contributed by atoms with E-state index in [0.29, 0.717) is 18.6 Å². The molecule has 1 unspecified atom stereocenters. The predicted octanol–water partition coefficient (Wildman–Crippen LogP) is 1.38. The van der Waals surface area contributed by atoms with Gasteiger partial charge in [-0.15, -0.1) is 0 Å². The van der Waals surface area contributed by atoms with Crippen molar-refractivity contribution in [1.82, 2.24) is 0 Å². The molecule has 2 rings (SSSR count). The molecule has 2 heteroatoms. The van der Waals surface area contributed by atoms with Crippen LogP contribution in [0.15, 0.2) is 0 Å². The van der Waals surface area contributed by atoms with Crippen molar-refractivity contribution in [3.8, 4) is 0 Å². The van der Waals surface area contributed by atoms with Gasteiger partial charge in [0.1, 0.15) is 0 Å². The standard InChI is InChI=1S/C11H21NO/c1-8(2)9-3-10(4-9)5-11(10,6-12)7-13/h8-9,13H,3-7,12H2,1-2H3. The van der Waals surface area contributed by atoms with Gasteiger partial charge in [0, 0.05) is 12.0 Å². The maximum atomic E-state index is 9.30. The third-order valence-electron chi connectivity index (χ3n) is 4.62. The fourth-order valence-electron chi connectivity index (χ4n) is 3.17. The predicted molar refractivity (Wildman–Crippen MR) is 53.2 cm³/mol. The molecule has 2 nitrogen and oxygen atoms in total. The Bertz CT molecular complexity index is 202. The summed E-state index contributed by atoms with van der Waals surface area (Å²) >= 11 is 0. The Labute approximate surface area is 80.5 Å². The summed E-state index contributed by atoms with van der Waals surface area (Å²) < 4.78 is 0. The lowest BCUT2D eigenvalue weighted by Gasteiger charge is -2.42. The van der Waals surface area contributed by atoms with E-state index in [4.69, 9.17) is 5.73 Å². The van der Waals surface area contributed by atoms with Gasteiger partial charge in [0.15, 0.2) is 0 Å². The Morgan fingerprint density at radius 2 is 2.08 bits per heavy atom. The minimum atomic E-state index is 0.123. The van der Waals surface area contributed by atoms with E-state index in [0.717, 1.165) is 11.8 Å². The highest BCUT2D eigenvalue weighted by Crippen LogP contribution is 2.75. The first kappa shape index (κ1) is 9.47. The van der Waals surface area contributed by atoms with Gasteiger partial charge in [-0.1, -0.05) is 13.8 Å². The molecule has 2 fully saturated rings. The highest BCUT2D eigenvalue weighted by atomic mass is 16.3. The van der Waals surface area contributed by atoms with E-state index in [1.54, 1.807) is 0 Å². The number of rotatable bonds is 3. The second-order valence-corrected chi connectivity index (χ2v) is 5.51. The summed E-state index contributed by atoms with van der Waals surface area (Å²) in [5.74, 6) is 1.69. The van der Waals surface area contributed by atoms with E-state index >= 15 is 0 Å². The van der Waals surface area contributed by atoms with Gasteiger partial charge >= 0.3 is 0 Å². The Hall–Kier alpha value is -0.0800. The number of hydrogen-bond donors (Lipinski definition) is 2. The maximum Gasteiger partial charge on any atom is 0.0505 e. The van der Waals surface area contributed by atoms with Gasteiger partial charge in [0.05, 0.1) is 6.61 Å². The van der Waals surface area contributed by atoms with E-state index in [-0.39, 0.29) is 5.41 Å². The van der Waals surface area contributed by atoms with Gasteiger partial charge in [-0.05, 0) is 36.5 Å². The number of hydrogen-bond acceptors (Lipinski definition) is 2. The molecule has 13 heavy (non-hydrogen) atoms. The third-order valence-corrected chi connectivity index (χ3v) is 4.62. The smallest absolute Gasteiger partial charge is 0.0505 e. The number of aliphatic hydroxyl groups excluding tert-OH is 1. The maximum absolute atomic E-state index is 9.30. The van der Waals surface area contributed by atoms with Gasteiger partial charge < -0.3 is 10.8 Å². The van der Waals surface area contributed by atoms with Crippen LogP contribution >= 0.6 is 0 Å². The molecule has 0 radical (unpaired) electrons. The normalized spacial score (nSPS) is 48.2. The first-order valence-electron chi connectivity index (χ1n) is 5.40. The Kier molecular flexibility index (Phi) is 1.97. The van der Waals surface area contributed by atoms with Gasteiger partial charge in [-0.2, -0.15) is 0 Å². The molecule has 1 atom stereocenters. The lowest BCUT2D eigenvalue weighted by molar-refractivity contribution is 0.0552. The van der Waals surface area contributed by atoms with Crippen LogP contribution in [0.2, 0.25) is 0 Å². The van der Waals surface area contributed by atoms with Crippen molar-refractivity contribution in [2.75, 3.05) is 13.2 Å². The second-order valence-electron chi connectivity index (χ2n) is 5.51. The summed E-state index contributed by atoms with van der Waals surface area (Å²) in [4.78, 5) is 0. The zero-order valence-corrected chi connectivity index (χ0v) is 8.71. The summed E-state index contributed by atoms with van der Waals surface area (Å²) in [6.07, 6.45) is 3.79. The Morgan fingerprint density at radius 1 is 1.46 bits per heavy atom. The molecule has 0 aromatic rings. The number of nitrogens with two attached hydrogens (primary N) is 1. The van der Waals surface area contributed by atoms with E-state index in [1.165, 1.54) is 19.3 Å². The highest BCUT2D eigenvalue weighted by Gasteiger charge is 2.70. The molecule has 3 N–H and O–H groups in total. The number of aliphatic hydroxyl groups is 1. The lowest BCUT2D eigenvalue weighted by Crippen LogP contribution is -2.38. The van der Waals surface area contributed by atoms with Gasteiger partial charge in [-0.3, -0.25) is 0 Å². The van der Waals surface area contributed by atoms with Crippen LogP contribution in [0.3, 0.4) is 0 Å². The fraction of sp³-hybridized carbons (Fsp3) is 1.00. The SMILES string of the molecule is CC(C)C1CC2(C1)CC2(CN)CO. The van der Waals surface area contributed by atoms with Crippen LogP contribution in [0, 0.1) is 22.7 Å². The molecule has 2 saturated carbocycles. The van der Waals surface area contributed by atoms with E-state index in [2.05, 4.69) is 13.8 Å². The molecule has 1 spiro atoms. The highest BCUT2D eigenvalue weighted by molar-refractivity contribution is 5.20. The van der Waals surface area contributed by atoms with Gasteiger partial charge in [0.25, 0.3) is 0 Å². The van der Waals surface area contributed by atoms with Gasteiger partial charge in [0.2, 0.25) is 0 Å². The average molecular weight is 183 g/mol. The molecule has 0 bridgehead atoms. The summed E-state index contributed by atoms with van der Waals surface area (Å²) in [5.41, 5.74) is 6.31. The van der Waals surface area contributed by atoms with Gasteiger partial charge in [-0.25, -0.2) is 0 Å². The van der Waals surface area contributed by atoms with Crippen molar-refractivity contribution in [2.45, 2.75) is 33.1 Å². The zero-order valence-electron chi connectivity index (χ0n) is 8.71. The topological polar surface area (TPSA) is 46.2 Å². The minimum absolute atomic E-state index is 0.123. The van der Waals surface area contributed by atoms with Crippen LogP contribution in [-0.4, -0.2) is 18.3 Å². The molecular formula is C11H21NO. The van der Waals surface area contributed by atoms with Crippen LogP contribution in [-0.2, 0) is 0 Å². The molecule has 0 heterocycles. The Balaban J connectivity index is 1.93. The van der Waals surface area contributed by atoms with Crippen LogP contribution < -0.4 is 5.73 Å². The van der Waals surface area contributed by atoms with Crippen molar-refractivity contribution in [2.24, 2.45) is 28.4 Å². The monoisotopic (exact) mass is 183 g/mol. The largest absolute Gasteiger partial charge is 0.396 e. The molecule has 0 amide bonds. The minimum Gasteiger partial charge on any atom is -0.396 e. The lowest BCUT2D eigenvalue weighted by atomic mass is 9.63. The van der Waals surface area contributed by atoms with Crippen LogP contribution in [0.25, 0.3) is 0 Å².